The summed E-state index contributed by atoms with van der Waals surface area (Å²) in [5, 5.41) is 10.5. The standard InChI is InChI=1S/C19H23F4N7S/c1-11-8-30(9-12(7-28-31-2)19(11,22)23)16-5-15(26-10-27-16)13(6-24)18-25-4-3-14(29-18)17(20)21/h3-6,10-12,17,24-25,28H,7-9H2,1-2H3/b18-13-,24-6?. The van der Waals surface area contributed by atoms with Gasteiger partial charge in [0.1, 0.15) is 23.7 Å². The summed E-state index contributed by atoms with van der Waals surface area (Å²) in [6.07, 6.45) is 3.70. The van der Waals surface area contributed by atoms with Crippen LogP contribution in [0, 0.1) is 17.2 Å². The van der Waals surface area contributed by atoms with E-state index in [4.69, 9.17) is 5.41 Å². The molecule has 1 saturated heterocycles. The molecule has 0 radical (unpaired) electrons. The maximum atomic E-state index is 14.6. The van der Waals surface area contributed by atoms with E-state index in [1.807, 2.05) is 0 Å². The van der Waals surface area contributed by atoms with Gasteiger partial charge in [0.15, 0.2) is 0 Å². The normalized spacial score (nSPS) is 24.6. The highest BCUT2D eigenvalue weighted by atomic mass is 32.2. The zero-order valence-electron chi connectivity index (χ0n) is 16.9. The van der Waals surface area contributed by atoms with Crippen LogP contribution in [0.4, 0.5) is 23.4 Å². The van der Waals surface area contributed by atoms with Gasteiger partial charge in [0, 0.05) is 44.0 Å². The molecule has 2 atom stereocenters. The van der Waals surface area contributed by atoms with Crippen LogP contribution in [0.1, 0.15) is 12.6 Å². The molecule has 3 rings (SSSR count). The Morgan fingerprint density at radius 1 is 1.42 bits per heavy atom. The van der Waals surface area contributed by atoms with Crippen LogP contribution in [-0.4, -0.2) is 60.1 Å². The molecule has 0 amide bonds. The smallest absolute Gasteiger partial charge is 0.280 e. The lowest BCUT2D eigenvalue weighted by atomic mass is 9.86. The van der Waals surface area contributed by atoms with Crippen LogP contribution in [-0.2, 0) is 0 Å². The fourth-order valence-corrected chi connectivity index (χ4v) is 3.85. The molecule has 168 valence electrons. The molecule has 12 heteroatoms. The molecule has 1 aromatic heterocycles. The molecule has 3 N–H and O–H groups in total. The van der Waals surface area contributed by atoms with Crippen LogP contribution in [0.3, 0.4) is 0 Å². The minimum absolute atomic E-state index is 0.0537. The van der Waals surface area contributed by atoms with Crippen LogP contribution in [0.5, 0.6) is 0 Å². The number of allylic oxidation sites excluding steroid dienone is 2. The Bertz CT molecular complexity index is 903. The molecule has 31 heavy (non-hydrogen) atoms. The predicted octanol–water partition coefficient (Wildman–Crippen LogP) is 3.19. The third-order valence-corrected chi connectivity index (χ3v) is 5.66. The van der Waals surface area contributed by atoms with E-state index in [-0.39, 0.29) is 36.7 Å². The number of rotatable bonds is 7. The quantitative estimate of drug-likeness (QED) is 0.331. The molecule has 1 aromatic rings. The van der Waals surface area contributed by atoms with Crippen molar-refractivity contribution < 1.29 is 17.6 Å². The van der Waals surface area contributed by atoms with Crippen molar-refractivity contribution in [3.05, 3.63) is 36.2 Å². The number of aromatic nitrogens is 2. The first-order valence-electron chi connectivity index (χ1n) is 9.53. The highest BCUT2D eigenvalue weighted by molar-refractivity contribution is 7.96. The van der Waals surface area contributed by atoms with E-state index in [1.54, 1.807) is 17.2 Å². The second kappa shape index (κ2) is 9.77. The van der Waals surface area contributed by atoms with E-state index >= 15 is 0 Å². The fraction of sp³-hybridized carbons (Fsp3) is 0.474. The molecule has 0 aliphatic carbocycles. The maximum absolute atomic E-state index is 14.6. The van der Waals surface area contributed by atoms with Gasteiger partial charge < -0.3 is 15.6 Å². The molecule has 2 aliphatic rings. The molecule has 7 nitrogen and oxygen atoms in total. The third kappa shape index (κ3) is 5.06. The summed E-state index contributed by atoms with van der Waals surface area (Å²) in [5.74, 6) is -4.15. The first kappa shape index (κ1) is 23.2. The number of hydrogen-bond donors (Lipinski definition) is 3. The van der Waals surface area contributed by atoms with E-state index in [9.17, 15) is 17.6 Å². The number of anilines is 1. The summed E-state index contributed by atoms with van der Waals surface area (Å²) < 4.78 is 58.2. The van der Waals surface area contributed by atoms with Gasteiger partial charge >= 0.3 is 0 Å². The maximum Gasteiger partial charge on any atom is 0.280 e. The van der Waals surface area contributed by atoms with Gasteiger partial charge in [-0.2, -0.15) is 0 Å². The summed E-state index contributed by atoms with van der Waals surface area (Å²) in [6, 6.07) is 1.56. The lowest BCUT2D eigenvalue weighted by Crippen LogP contribution is -2.55. The summed E-state index contributed by atoms with van der Waals surface area (Å²) in [4.78, 5) is 14.0. The Labute approximate surface area is 181 Å². The minimum atomic E-state index is -2.82. The number of hydrogen-bond acceptors (Lipinski definition) is 8. The van der Waals surface area contributed by atoms with E-state index < -0.39 is 29.9 Å². The molecule has 0 saturated carbocycles. The summed E-state index contributed by atoms with van der Waals surface area (Å²) >= 11 is 1.28. The van der Waals surface area contributed by atoms with Crippen LogP contribution in [0.25, 0.3) is 5.57 Å². The average Bonchev–Trinajstić information content (AvgIpc) is 2.75. The highest BCUT2D eigenvalue weighted by Crippen LogP contribution is 2.39. The minimum Gasteiger partial charge on any atom is -0.355 e. The Kier molecular flexibility index (Phi) is 7.31. The Hall–Kier alpha value is -2.47. The van der Waals surface area contributed by atoms with Crippen molar-refractivity contribution in [2.24, 2.45) is 16.8 Å². The van der Waals surface area contributed by atoms with E-state index in [0.717, 1.165) is 12.3 Å². The van der Waals surface area contributed by atoms with Gasteiger partial charge in [-0.1, -0.05) is 18.9 Å². The molecule has 0 bridgehead atoms. The van der Waals surface area contributed by atoms with Crippen molar-refractivity contribution in [3.63, 3.8) is 0 Å². The second-order valence-corrected chi connectivity index (χ2v) is 7.91. The SMILES string of the molecule is CSNCC1CN(c2cc(/C(C=N)=C3\N=C(C(F)F)C=CN3)ncn2)CC(C)C1(F)F. The predicted molar refractivity (Wildman–Crippen MR) is 115 cm³/mol. The number of nitrogens with zero attached hydrogens (tertiary/aromatic N) is 4. The largest absolute Gasteiger partial charge is 0.355 e. The van der Waals surface area contributed by atoms with Gasteiger partial charge in [-0.15, -0.1) is 0 Å². The number of aliphatic imine (C=N–C) groups is 1. The van der Waals surface area contributed by atoms with Crippen molar-refractivity contribution in [2.45, 2.75) is 19.3 Å². The topological polar surface area (TPSA) is 89.3 Å². The Morgan fingerprint density at radius 3 is 2.87 bits per heavy atom. The molecule has 3 heterocycles. The number of nitrogens with one attached hydrogen (secondary N) is 3. The van der Waals surface area contributed by atoms with E-state index in [2.05, 4.69) is 25.0 Å². The molecule has 0 aromatic carbocycles. The van der Waals surface area contributed by atoms with Crippen molar-refractivity contribution >= 4 is 35.3 Å². The van der Waals surface area contributed by atoms with E-state index in [0.29, 0.717) is 5.82 Å². The average molecular weight is 458 g/mol. The molecular weight excluding hydrogens is 434 g/mol. The summed E-state index contributed by atoms with van der Waals surface area (Å²) in [6.45, 7) is 1.84. The van der Waals surface area contributed by atoms with Crippen molar-refractivity contribution in [1.82, 2.24) is 20.0 Å². The van der Waals surface area contributed by atoms with Gasteiger partial charge in [-0.25, -0.2) is 32.5 Å². The second-order valence-electron chi connectivity index (χ2n) is 7.21. The molecule has 1 fully saturated rings. The zero-order valence-corrected chi connectivity index (χ0v) is 17.8. The van der Waals surface area contributed by atoms with Gasteiger partial charge in [-0.05, 0) is 12.3 Å². The monoisotopic (exact) mass is 457 g/mol. The summed E-state index contributed by atoms with van der Waals surface area (Å²) in [5.41, 5.74) is 0.0275. The van der Waals surface area contributed by atoms with Crippen molar-refractivity contribution in [3.8, 4) is 0 Å². The zero-order chi connectivity index (χ0) is 22.6. The van der Waals surface area contributed by atoms with Gasteiger partial charge in [-0.3, -0.25) is 4.72 Å². The lowest BCUT2D eigenvalue weighted by Gasteiger charge is -2.43. The highest BCUT2D eigenvalue weighted by Gasteiger charge is 2.49. The molecule has 2 aliphatic heterocycles. The van der Waals surface area contributed by atoms with Crippen molar-refractivity contribution in [1.29, 1.82) is 5.41 Å². The number of halogens is 4. The van der Waals surface area contributed by atoms with Crippen LogP contribution >= 0.6 is 11.9 Å². The fourth-order valence-electron chi connectivity index (χ4n) is 3.48. The van der Waals surface area contributed by atoms with Crippen LogP contribution in [0.2, 0.25) is 0 Å². The first-order chi connectivity index (χ1) is 14.8. The lowest BCUT2D eigenvalue weighted by molar-refractivity contribution is -0.108. The van der Waals surface area contributed by atoms with E-state index in [1.165, 1.54) is 31.4 Å². The summed E-state index contributed by atoms with van der Waals surface area (Å²) in [7, 11) is 0. The first-order valence-corrected chi connectivity index (χ1v) is 10.8. The Morgan fingerprint density at radius 2 is 2.19 bits per heavy atom. The van der Waals surface area contributed by atoms with Gasteiger partial charge in [0.05, 0.1) is 17.2 Å². The Balaban J connectivity index is 1.91. The molecule has 0 spiro atoms. The van der Waals surface area contributed by atoms with Crippen LogP contribution in [0.15, 0.2) is 35.5 Å². The van der Waals surface area contributed by atoms with Gasteiger partial charge in [0.2, 0.25) is 0 Å². The van der Waals surface area contributed by atoms with Crippen LogP contribution < -0.4 is 14.9 Å². The third-order valence-electron chi connectivity index (χ3n) is 5.20. The van der Waals surface area contributed by atoms with Gasteiger partial charge in [0.25, 0.3) is 12.3 Å². The molecule has 2 unspecified atom stereocenters. The molecular formula is C19H23F4N7S. The number of piperidine rings is 1. The van der Waals surface area contributed by atoms with Crippen molar-refractivity contribution in [2.75, 3.05) is 30.8 Å². The number of alkyl halides is 4.